The molecule has 0 saturated carbocycles. The number of nitrogens with zero attached hydrogens (tertiary/aromatic N) is 2. The van der Waals surface area contributed by atoms with Crippen molar-refractivity contribution >= 4 is 17.2 Å². The number of thiazole rings is 1. The first kappa shape index (κ1) is 13.7. The van der Waals surface area contributed by atoms with E-state index in [4.69, 9.17) is 4.98 Å². The molecule has 1 unspecified atom stereocenters. The monoisotopic (exact) mass is 305 g/mol. The number of rotatable bonds is 3. The first-order valence-corrected chi connectivity index (χ1v) is 9.06. The molecule has 1 aromatic rings. The first-order valence-electron chi connectivity index (χ1n) is 8.24. The molecule has 4 rings (SSSR count). The molecule has 114 valence electrons. The van der Waals surface area contributed by atoms with E-state index < -0.39 is 0 Å². The van der Waals surface area contributed by atoms with Crippen molar-refractivity contribution in [2.24, 2.45) is 5.41 Å². The molecule has 4 nitrogen and oxygen atoms in total. The van der Waals surface area contributed by atoms with E-state index in [1.165, 1.54) is 34.8 Å². The summed E-state index contributed by atoms with van der Waals surface area (Å²) in [6, 6.07) is 0. The number of likely N-dealkylation sites (tertiary alicyclic amines) is 1. The average molecular weight is 305 g/mol. The molecule has 1 N–H and O–H groups in total. The number of hydrogen-bond acceptors (Lipinski definition) is 4. The van der Waals surface area contributed by atoms with Crippen molar-refractivity contribution in [2.75, 3.05) is 26.2 Å². The van der Waals surface area contributed by atoms with E-state index in [2.05, 4.69) is 10.2 Å². The Bertz CT molecular complexity index is 524. The summed E-state index contributed by atoms with van der Waals surface area (Å²) in [7, 11) is 0. The second-order valence-electron chi connectivity index (χ2n) is 6.68. The number of aryl methyl sites for hydroxylation is 2. The number of amides is 1. The Hall–Kier alpha value is -0.940. The van der Waals surface area contributed by atoms with Crippen LogP contribution in [0.2, 0.25) is 0 Å². The Kier molecular flexibility index (Phi) is 3.50. The second-order valence-corrected chi connectivity index (χ2v) is 7.85. The highest BCUT2D eigenvalue weighted by Crippen LogP contribution is 2.37. The fourth-order valence-corrected chi connectivity index (χ4v) is 5.13. The van der Waals surface area contributed by atoms with Gasteiger partial charge in [0.15, 0.2) is 0 Å². The van der Waals surface area contributed by atoms with Gasteiger partial charge in [-0.2, -0.15) is 0 Å². The van der Waals surface area contributed by atoms with Crippen LogP contribution < -0.4 is 5.32 Å². The van der Waals surface area contributed by atoms with Gasteiger partial charge in [0.2, 0.25) is 5.91 Å². The van der Waals surface area contributed by atoms with Gasteiger partial charge in [-0.25, -0.2) is 4.98 Å². The Morgan fingerprint density at radius 2 is 2.19 bits per heavy atom. The number of hydrogen-bond donors (Lipinski definition) is 1. The maximum absolute atomic E-state index is 12.6. The van der Waals surface area contributed by atoms with Gasteiger partial charge in [-0.3, -0.25) is 4.79 Å². The third-order valence-corrected chi connectivity index (χ3v) is 6.55. The van der Waals surface area contributed by atoms with Gasteiger partial charge in [-0.05, 0) is 45.1 Å². The van der Waals surface area contributed by atoms with Gasteiger partial charge >= 0.3 is 0 Å². The fraction of sp³-hybridized carbons (Fsp3) is 0.750. The lowest BCUT2D eigenvalue weighted by Gasteiger charge is -2.21. The summed E-state index contributed by atoms with van der Waals surface area (Å²) in [5.41, 5.74) is 1.27. The average Bonchev–Trinajstić information content (AvgIpc) is 3.20. The van der Waals surface area contributed by atoms with Crippen LogP contribution in [0, 0.1) is 5.41 Å². The Balaban J connectivity index is 1.39. The van der Waals surface area contributed by atoms with E-state index in [0.29, 0.717) is 5.91 Å². The summed E-state index contributed by atoms with van der Waals surface area (Å²) in [6.07, 6.45) is 7.97. The van der Waals surface area contributed by atoms with Crippen molar-refractivity contribution in [2.45, 2.75) is 44.9 Å². The third kappa shape index (κ3) is 2.40. The van der Waals surface area contributed by atoms with Gasteiger partial charge in [0.1, 0.15) is 0 Å². The predicted octanol–water partition coefficient (Wildman–Crippen LogP) is 1.78. The quantitative estimate of drug-likeness (QED) is 0.926. The normalized spacial score (nSPS) is 28.6. The van der Waals surface area contributed by atoms with Crippen molar-refractivity contribution < 1.29 is 4.79 Å². The number of aromatic nitrogens is 1. The van der Waals surface area contributed by atoms with Crippen molar-refractivity contribution in [1.29, 1.82) is 0 Å². The predicted molar refractivity (Wildman–Crippen MR) is 83.6 cm³/mol. The van der Waals surface area contributed by atoms with Crippen molar-refractivity contribution in [1.82, 2.24) is 15.2 Å². The third-order valence-electron chi connectivity index (χ3n) is 5.33. The summed E-state index contributed by atoms with van der Waals surface area (Å²) >= 11 is 1.88. The lowest BCUT2D eigenvalue weighted by Crippen LogP contribution is -2.37. The smallest absolute Gasteiger partial charge is 0.230 e. The van der Waals surface area contributed by atoms with Crippen LogP contribution in [0.25, 0.3) is 0 Å². The van der Waals surface area contributed by atoms with Gasteiger partial charge in [0.05, 0.1) is 16.1 Å². The van der Waals surface area contributed by atoms with Crippen LogP contribution in [0.1, 0.15) is 41.3 Å². The minimum Gasteiger partial charge on any atom is -0.342 e. The van der Waals surface area contributed by atoms with Crippen LogP contribution in [0.15, 0.2) is 0 Å². The zero-order valence-electron chi connectivity index (χ0n) is 12.5. The number of fused-ring (bicyclic) bond motifs is 1. The summed E-state index contributed by atoms with van der Waals surface area (Å²) < 4.78 is 0. The van der Waals surface area contributed by atoms with E-state index >= 15 is 0 Å². The fourth-order valence-electron chi connectivity index (χ4n) is 3.99. The summed E-state index contributed by atoms with van der Waals surface area (Å²) in [6.45, 7) is 3.67. The molecule has 1 atom stereocenters. The molecular weight excluding hydrogens is 282 g/mol. The molecule has 1 amide bonds. The molecule has 2 saturated heterocycles. The highest BCUT2D eigenvalue weighted by Gasteiger charge is 2.47. The molecule has 0 aromatic carbocycles. The van der Waals surface area contributed by atoms with Crippen LogP contribution in [0.5, 0.6) is 0 Å². The summed E-state index contributed by atoms with van der Waals surface area (Å²) in [5, 5.41) is 4.59. The zero-order valence-corrected chi connectivity index (χ0v) is 13.3. The van der Waals surface area contributed by atoms with Crippen LogP contribution in [-0.2, 0) is 24.1 Å². The number of nitrogens with one attached hydrogen (secondary N) is 1. The molecule has 21 heavy (non-hydrogen) atoms. The SMILES string of the molecule is O=C1N(CCc2nc3c(s2)CCCC3)CCC12CCNC2. The van der Waals surface area contributed by atoms with Gasteiger partial charge in [0, 0.05) is 30.9 Å². The zero-order chi connectivity index (χ0) is 14.3. The van der Waals surface area contributed by atoms with Gasteiger partial charge in [-0.15, -0.1) is 11.3 Å². The van der Waals surface area contributed by atoms with Crippen LogP contribution >= 0.6 is 11.3 Å². The highest BCUT2D eigenvalue weighted by atomic mass is 32.1. The van der Waals surface area contributed by atoms with E-state index in [9.17, 15) is 4.79 Å². The maximum Gasteiger partial charge on any atom is 0.230 e. The number of carbonyl (C=O) groups is 1. The molecule has 0 bridgehead atoms. The molecule has 3 heterocycles. The minimum atomic E-state index is -0.0673. The van der Waals surface area contributed by atoms with Crippen molar-refractivity contribution in [3.63, 3.8) is 0 Å². The molecule has 5 heteroatoms. The molecule has 2 fully saturated rings. The molecule has 1 spiro atoms. The maximum atomic E-state index is 12.6. The lowest BCUT2D eigenvalue weighted by molar-refractivity contribution is -0.135. The van der Waals surface area contributed by atoms with E-state index in [1.807, 2.05) is 11.3 Å². The second kappa shape index (κ2) is 5.36. The molecule has 2 aliphatic heterocycles. The van der Waals surface area contributed by atoms with Gasteiger partial charge in [-0.1, -0.05) is 0 Å². The van der Waals surface area contributed by atoms with E-state index in [1.54, 1.807) is 0 Å². The Morgan fingerprint density at radius 3 is 3.00 bits per heavy atom. The van der Waals surface area contributed by atoms with Gasteiger partial charge in [0.25, 0.3) is 0 Å². The number of carbonyl (C=O) groups excluding carboxylic acids is 1. The van der Waals surface area contributed by atoms with Crippen LogP contribution in [0.3, 0.4) is 0 Å². The molecule has 1 aliphatic carbocycles. The van der Waals surface area contributed by atoms with Crippen molar-refractivity contribution in [3.8, 4) is 0 Å². The van der Waals surface area contributed by atoms with Crippen molar-refractivity contribution in [3.05, 3.63) is 15.6 Å². The van der Waals surface area contributed by atoms with Crippen LogP contribution in [-0.4, -0.2) is 42.0 Å². The van der Waals surface area contributed by atoms with Crippen LogP contribution in [0.4, 0.5) is 0 Å². The summed E-state index contributed by atoms with van der Waals surface area (Å²) in [4.78, 5) is 21.0. The molecule has 1 aromatic heterocycles. The largest absolute Gasteiger partial charge is 0.342 e. The molecule has 0 radical (unpaired) electrons. The highest BCUT2D eigenvalue weighted by molar-refractivity contribution is 7.11. The Morgan fingerprint density at radius 1 is 1.29 bits per heavy atom. The Labute approximate surface area is 129 Å². The topological polar surface area (TPSA) is 45.2 Å². The first-order chi connectivity index (χ1) is 10.3. The van der Waals surface area contributed by atoms with E-state index in [0.717, 1.165) is 51.9 Å². The van der Waals surface area contributed by atoms with E-state index in [-0.39, 0.29) is 5.41 Å². The molecule has 3 aliphatic rings. The standard InChI is InChI=1S/C16H23N3OS/c20-15-16(6-8-17-11-16)7-10-19(15)9-5-14-18-12-3-1-2-4-13(12)21-14/h17H,1-11H2. The van der Waals surface area contributed by atoms with Gasteiger partial charge < -0.3 is 10.2 Å². The lowest BCUT2D eigenvalue weighted by atomic mass is 9.86. The molecular formula is C16H23N3OS. The summed E-state index contributed by atoms with van der Waals surface area (Å²) in [5.74, 6) is 0.383. The minimum absolute atomic E-state index is 0.0673.